The van der Waals surface area contributed by atoms with Crippen molar-refractivity contribution in [2.24, 2.45) is 0 Å². The third-order valence-electron chi connectivity index (χ3n) is 3.60. The molecule has 0 bridgehead atoms. The van der Waals surface area contributed by atoms with Gasteiger partial charge in [-0.05, 0) is 50.2 Å². The number of hydrogen-bond acceptors (Lipinski definition) is 4. The summed E-state index contributed by atoms with van der Waals surface area (Å²) in [5, 5.41) is 0. The molecule has 0 aliphatic heterocycles. The summed E-state index contributed by atoms with van der Waals surface area (Å²) in [7, 11) is -2.13. The van der Waals surface area contributed by atoms with Crippen LogP contribution in [0.4, 0.5) is 11.4 Å². The van der Waals surface area contributed by atoms with E-state index in [1.54, 1.807) is 24.3 Å². The number of hydrogen-bond donors (Lipinski definition) is 1. The highest BCUT2D eigenvalue weighted by molar-refractivity contribution is 7.92. The molecular formula is C17H22N2O3S. The Morgan fingerprint density at radius 1 is 1.04 bits per heavy atom. The van der Waals surface area contributed by atoms with Gasteiger partial charge in [-0.15, -0.1) is 0 Å². The molecule has 0 aromatic heterocycles. The third-order valence-corrected chi connectivity index (χ3v) is 4.98. The first-order chi connectivity index (χ1) is 11.0. The predicted octanol–water partition coefficient (Wildman–Crippen LogP) is 3.34. The van der Waals surface area contributed by atoms with E-state index in [1.165, 1.54) is 19.2 Å². The van der Waals surface area contributed by atoms with Gasteiger partial charge in [0.1, 0.15) is 5.75 Å². The molecule has 0 aliphatic rings. The maximum Gasteiger partial charge on any atom is 0.262 e. The average Bonchev–Trinajstić information content (AvgIpc) is 2.57. The van der Waals surface area contributed by atoms with Crippen molar-refractivity contribution in [3.8, 4) is 5.75 Å². The van der Waals surface area contributed by atoms with Crippen LogP contribution in [0.5, 0.6) is 5.75 Å². The lowest BCUT2D eigenvalue weighted by Gasteiger charge is -2.21. The number of ether oxygens (including phenoxy) is 1. The molecule has 5 nitrogen and oxygen atoms in total. The van der Waals surface area contributed by atoms with E-state index in [0.717, 1.165) is 18.8 Å². The molecule has 2 aromatic rings. The minimum absolute atomic E-state index is 0.171. The molecule has 6 heteroatoms. The standard InChI is InChI=1S/C17H22N2O3S/c1-4-19(5-2)15-11-9-14(10-12-15)18-23(20,21)17-8-6-7-16(13-17)22-3/h6-13,18H,4-5H2,1-3H3. The minimum Gasteiger partial charge on any atom is -0.497 e. The van der Waals surface area contributed by atoms with E-state index in [9.17, 15) is 8.42 Å². The molecule has 2 rings (SSSR count). The maximum absolute atomic E-state index is 12.4. The van der Waals surface area contributed by atoms with Crippen LogP contribution in [0.25, 0.3) is 0 Å². The van der Waals surface area contributed by atoms with Gasteiger partial charge < -0.3 is 9.64 Å². The summed E-state index contributed by atoms with van der Waals surface area (Å²) in [5.74, 6) is 0.504. The molecule has 0 spiro atoms. The number of benzene rings is 2. The van der Waals surface area contributed by atoms with E-state index in [1.807, 2.05) is 12.1 Å². The van der Waals surface area contributed by atoms with Crippen LogP contribution >= 0.6 is 0 Å². The second-order valence-electron chi connectivity index (χ2n) is 5.00. The second-order valence-corrected chi connectivity index (χ2v) is 6.69. The van der Waals surface area contributed by atoms with Gasteiger partial charge in [0, 0.05) is 30.5 Å². The summed E-state index contributed by atoms with van der Waals surface area (Å²) in [5.41, 5.74) is 1.60. The maximum atomic E-state index is 12.4. The van der Waals surface area contributed by atoms with Crippen molar-refractivity contribution in [1.82, 2.24) is 0 Å². The molecule has 0 saturated carbocycles. The Kier molecular flexibility index (Phi) is 5.50. The van der Waals surface area contributed by atoms with Gasteiger partial charge in [-0.3, -0.25) is 4.72 Å². The van der Waals surface area contributed by atoms with E-state index in [-0.39, 0.29) is 4.90 Å². The molecule has 0 atom stereocenters. The number of sulfonamides is 1. The number of nitrogens with one attached hydrogen (secondary N) is 1. The Balaban J connectivity index is 2.20. The monoisotopic (exact) mass is 334 g/mol. The fraction of sp³-hybridized carbons (Fsp3) is 0.294. The highest BCUT2D eigenvalue weighted by Crippen LogP contribution is 2.22. The van der Waals surface area contributed by atoms with Crippen molar-refractivity contribution in [1.29, 1.82) is 0 Å². The first-order valence-corrected chi connectivity index (χ1v) is 9.00. The number of rotatable bonds is 7. The van der Waals surface area contributed by atoms with Crippen LogP contribution in [-0.4, -0.2) is 28.6 Å². The van der Waals surface area contributed by atoms with Crippen LogP contribution in [0.3, 0.4) is 0 Å². The van der Waals surface area contributed by atoms with Gasteiger partial charge in [0.2, 0.25) is 0 Å². The molecule has 2 aromatic carbocycles. The van der Waals surface area contributed by atoms with Gasteiger partial charge in [0.25, 0.3) is 10.0 Å². The number of anilines is 2. The third kappa shape index (κ3) is 4.16. The van der Waals surface area contributed by atoms with Crippen LogP contribution in [0.15, 0.2) is 53.4 Å². The first kappa shape index (κ1) is 17.1. The highest BCUT2D eigenvalue weighted by atomic mass is 32.2. The van der Waals surface area contributed by atoms with Gasteiger partial charge in [-0.25, -0.2) is 8.42 Å². The van der Waals surface area contributed by atoms with Gasteiger partial charge in [-0.1, -0.05) is 6.07 Å². The lowest BCUT2D eigenvalue weighted by molar-refractivity contribution is 0.413. The Morgan fingerprint density at radius 2 is 1.70 bits per heavy atom. The van der Waals surface area contributed by atoms with E-state index in [2.05, 4.69) is 23.5 Å². The largest absolute Gasteiger partial charge is 0.497 e. The van der Waals surface area contributed by atoms with Crippen molar-refractivity contribution in [3.05, 3.63) is 48.5 Å². The minimum atomic E-state index is -3.63. The molecule has 0 aliphatic carbocycles. The number of nitrogens with zero attached hydrogens (tertiary/aromatic N) is 1. The van der Waals surface area contributed by atoms with Gasteiger partial charge in [0.05, 0.1) is 12.0 Å². The lowest BCUT2D eigenvalue weighted by atomic mass is 10.2. The van der Waals surface area contributed by atoms with Gasteiger partial charge in [0.15, 0.2) is 0 Å². The first-order valence-electron chi connectivity index (χ1n) is 7.52. The fourth-order valence-electron chi connectivity index (χ4n) is 2.31. The summed E-state index contributed by atoms with van der Waals surface area (Å²) in [6.07, 6.45) is 0. The zero-order chi connectivity index (χ0) is 16.9. The van der Waals surface area contributed by atoms with E-state index < -0.39 is 10.0 Å². The predicted molar refractivity (Wildman–Crippen MR) is 93.8 cm³/mol. The average molecular weight is 334 g/mol. The molecule has 0 saturated heterocycles. The molecule has 0 unspecified atom stereocenters. The summed E-state index contributed by atoms with van der Waals surface area (Å²) in [6, 6.07) is 13.8. The van der Waals surface area contributed by atoms with Gasteiger partial charge >= 0.3 is 0 Å². The number of methoxy groups -OCH3 is 1. The molecule has 124 valence electrons. The highest BCUT2D eigenvalue weighted by Gasteiger charge is 2.15. The molecule has 0 amide bonds. The van der Waals surface area contributed by atoms with E-state index >= 15 is 0 Å². The lowest BCUT2D eigenvalue weighted by Crippen LogP contribution is -2.21. The van der Waals surface area contributed by atoms with Crippen LogP contribution < -0.4 is 14.4 Å². The van der Waals surface area contributed by atoms with Crippen LogP contribution in [0, 0.1) is 0 Å². The molecule has 0 radical (unpaired) electrons. The molecule has 23 heavy (non-hydrogen) atoms. The topological polar surface area (TPSA) is 58.6 Å². The van der Waals surface area contributed by atoms with Gasteiger partial charge in [-0.2, -0.15) is 0 Å². The molecular weight excluding hydrogens is 312 g/mol. The van der Waals surface area contributed by atoms with Crippen molar-refractivity contribution < 1.29 is 13.2 Å². The van der Waals surface area contributed by atoms with E-state index in [4.69, 9.17) is 4.74 Å². The smallest absolute Gasteiger partial charge is 0.262 e. The fourth-order valence-corrected chi connectivity index (χ4v) is 3.40. The van der Waals surface area contributed by atoms with Crippen molar-refractivity contribution in [3.63, 3.8) is 0 Å². The summed E-state index contributed by atoms with van der Waals surface area (Å²) in [6.45, 7) is 5.99. The summed E-state index contributed by atoms with van der Waals surface area (Å²) in [4.78, 5) is 2.37. The zero-order valence-electron chi connectivity index (χ0n) is 13.6. The Morgan fingerprint density at radius 3 is 2.26 bits per heavy atom. The van der Waals surface area contributed by atoms with Crippen LogP contribution in [-0.2, 0) is 10.0 Å². The summed E-state index contributed by atoms with van der Waals surface area (Å²) < 4.78 is 32.5. The Labute approximate surface area is 137 Å². The van der Waals surface area contributed by atoms with E-state index in [0.29, 0.717) is 11.4 Å². The van der Waals surface area contributed by atoms with Crippen molar-refractivity contribution in [2.75, 3.05) is 29.8 Å². The molecule has 1 N–H and O–H groups in total. The van der Waals surface area contributed by atoms with Crippen LogP contribution in [0.1, 0.15) is 13.8 Å². The zero-order valence-corrected chi connectivity index (χ0v) is 14.4. The normalized spacial score (nSPS) is 11.1. The quantitative estimate of drug-likeness (QED) is 0.844. The second kappa shape index (κ2) is 7.37. The summed E-state index contributed by atoms with van der Waals surface area (Å²) >= 11 is 0. The Hall–Kier alpha value is -2.21. The van der Waals surface area contributed by atoms with Crippen LogP contribution in [0.2, 0.25) is 0 Å². The van der Waals surface area contributed by atoms with Crippen molar-refractivity contribution in [2.45, 2.75) is 18.7 Å². The van der Waals surface area contributed by atoms with Crippen molar-refractivity contribution >= 4 is 21.4 Å². The molecule has 0 heterocycles. The SMILES string of the molecule is CCN(CC)c1ccc(NS(=O)(=O)c2cccc(OC)c2)cc1. The Bertz CT molecular complexity index is 739. The molecule has 0 fully saturated rings.